The van der Waals surface area contributed by atoms with Gasteiger partial charge < -0.3 is 25.8 Å². The van der Waals surface area contributed by atoms with Crippen LogP contribution in [-0.2, 0) is 17.8 Å². The Labute approximate surface area is 213 Å². The lowest BCUT2D eigenvalue weighted by molar-refractivity contribution is -0.127. The highest BCUT2D eigenvalue weighted by Crippen LogP contribution is 2.39. The molecule has 1 atom stereocenters. The van der Waals surface area contributed by atoms with Gasteiger partial charge in [0.05, 0.1) is 18.8 Å². The minimum Gasteiger partial charge on any atom is -0.493 e. The van der Waals surface area contributed by atoms with E-state index in [0.29, 0.717) is 41.6 Å². The first-order chi connectivity index (χ1) is 17.4. The highest BCUT2D eigenvalue weighted by Gasteiger charge is 2.35. The molecule has 1 unspecified atom stereocenters. The van der Waals surface area contributed by atoms with Gasteiger partial charge in [0.25, 0.3) is 5.91 Å². The molecular weight excluding hydrogens is 482 g/mol. The second kappa shape index (κ2) is 11.5. The van der Waals surface area contributed by atoms with Gasteiger partial charge in [-0.3, -0.25) is 9.79 Å². The van der Waals surface area contributed by atoms with E-state index in [1.807, 2.05) is 42.5 Å². The summed E-state index contributed by atoms with van der Waals surface area (Å²) in [7, 11) is 0. The number of ether oxygens (including phenoxy) is 2. The van der Waals surface area contributed by atoms with Gasteiger partial charge in [-0.1, -0.05) is 41.9 Å². The molecule has 0 saturated heterocycles. The predicted molar refractivity (Wildman–Crippen MR) is 140 cm³/mol. The average molecular weight is 508 g/mol. The van der Waals surface area contributed by atoms with Gasteiger partial charge in [-0.25, -0.2) is 0 Å². The standard InChI is InChI=1S/C26H26ClN5O4/c27-21-4-2-1-3-18(21)16-32-22-10-7-19(31-34)15-24(22)36-23(25(32)33)12-14-35-20-8-5-17(6-9-20)11-13-30-26(28)29/h1-10,15,23H,11-14,16H2,(H4,28,29,30). The molecule has 0 radical (unpaired) electrons. The number of rotatable bonds is 10. The molecule has 1 aliphatic heterocycles. The lowest BCUT2D eigenvalue weighted by atomic mass is 10.1. The fourth-order valence-corrected chi connectivity index (χ4v) is 4.06. The Hall–Kier alpha value is -4.11. The Kier molecular flexibility index (Phi) is 8.02. The van der Waals surface area contributed by atoms with Crippen molar-refractivity contribution in [2.24, 2.45) is 21.6 Å². The Morgan fingerprint density at radius 1 is 1.08 bits per heavy atom. The molecule has 0 aromatic heterocycles. The third kappa shape index (κ3) is 6.11. The third-order valence-corrected chi connectivity index (χ3v) is 6.07. The van der Waals surface area contributed by atoms with Crippen LogP contribution in [0.25, 0.3) is 0 Å². The van der Waals surface area contributed by atoms with E-state index in [1.54, 1.807) is 23.1 Å². The number of fused-ring (bicyclic) bond motifs is 1. The Balaban J connectivity index is 1.43. The zero-order valence-corrected chi connectivity index (χ0v) is 20.2. The first kappa shape index (κ1) is 25.0. The molecule has 10 heteroatoms. The van der Waals surface area contributed by atoms with Crippen molar-refractivity contribution in [2.45, 2.75) is 25.5 Å². The normalized spacial score (nSPS) is 14.5. The summed E-state index contributed by atoms with van der Waals surface area (Å²) in [6, 6.07) is 19.7. The van der Waals surface area contributed by atoms with Crippen LogP contribution in [-0.4, -0.2) is 31.1 Å². The molecule has 0 saturated carbocycles. The van der Waals surface area contributed by atoms with E-state index in [0.717, 1.165) is 11.1 Å². The van der Waals surface area contributed by atoms with Crippen LogP contribution in [0.1, 0.15) is 17.5 Å². The fraction of sp³-hybridized carbons (Fsp3) is 0.231. The van der Waals surface area contributed by atoms with Gasteiger partial charge in [-0.05, 0) is 53.1 Å². The molecule has 4 rings (SSSR count). The summed E-state index contributed by atoms with van der Waals surface area (Å²) < 4.78 is 11.8. The average Bonchev–Trinajstić information content (AvgIpc) is 2.88. The second-order valence-electron chi connectivity index (χ2n) is 8.20. The summed E-state index contributed by atoms with van der Waals surface area (Å²) in [6.07, 6.45) is 0.226. The summed E-state index contributed by atoms with van der Waals surface area (Å²) in [5.74, 6) is 0.938. The molecule has 1 amide bonds. The van der Waals surface area contributed by atoms with Gasteiger partial charge in [-0.2, -0.15) is 0 Å². The van der Waals surface area contributed by atoms with Gasteiger partial charge in [0.1, 0.15) is 17.2 Å². The van der Waals surface area contributed by atoms with Gasteiger partial charge in [-0.15, -0.1) is 4.91 Å². The largest absolute Gasteiger partial charge is 0.493 e. The lowest BCUT2D eigenvalue weighted by Crippen LogP contribution is -2.46. The van der Waals surface area contributed by atoms with Crippen LogP contribution in [0.2, 0.25) is 5.02 Å². The number of hydrogen-bond donors (Lipinski definition) is 2. The number of nitrogens with zero attached hydrogens (tertiary/aromatic N) is 3. The van der Waals surface area contributed by atoms with Gasteiger partial charge in [0, 0.05) is 24.1 Å². The molecule has 0 aliphatic carbocycles. The molecule has 4 N–H and O–H groups in total. The number of benzene rings is 3. The summed E-state index contributed by atoms with van der Waals surface area (Å²) in [6.45, 7) is 1.03. The van der Waals surface area contributed by atoms with Crippen molar-refractivity contribution in [1.29, 1.82) is 0 Å². The fourth-order valence-electron chi connectivity index (χ4n) is 3.87. The van der Waals surface area contributed by atoms with Crippen LogP contribution >= 0.6 is 11.6 Å². The van der Waals surface area contributed by atoms with Crippen LogP contribution in [0.5, 0.6) is 11.5 Å². The van der Waals surface area contributed by atoms with E-state index in [1.165, 1.54) is 6.07 Å². The molecule has 3 aromatic carbocycles. The highest BCUT2D eigenvalue weighted by atomic mass is 35.5. The Bertz CT molecular complexity index is 1260. The van der Waals surface area contributed by atoms with Gasteiger partial charge in [0.2, 0.25) is 0 Å². The third-order valence-electron chi connectivity index (χ3n) is 5.70. The zero-order valence-electron chi connectivity index (χ0n) is 19.5. The summed E-state index contributed by atoms with van der Waals surface area (Å²) in [5.41, 5.74) is 13.3. The smallest absolute Gasteiger partial charge is 0.268 e. The molecule has 186 valence electrons. The van der Waals surface area contributed by atoms with Crippen LogP contribution < -0.4 is 25.8 Å². The molecule has 36 heavy (non-hydrogen) atoms. The quantitative estimate of drug-likeness (QED) is 0.238. The first-order valence-corrected chi connectivity index (χ1v) is 11.8. The monoisotopic (exact) mass is 507 g/mol. The van der Waals surface area contributed by atoms with E-state index in [9.17, 15) is 9.70 Å². The minimum absolute atomic E-state index is 0.0705. The van der Waals surface area contributed by atoms with Crippen molar-refractivity contribution in [3.05, 3.63) is 87.8 Å². The van der Waals surface area contributed by atoms with Crippen molar-refractivity contribution < 1.29 is 14.3 Å². The van der Waals surface area contributed by atoms with E-state index in [2.05, 4.69) is 10.2 Å². The van der Waals surface area contributed by atoms with Crippen LogP contribution in [0, 0.1) is 4.91 Å². The first-order valence-electron chi connectivity index (χ1n) is 11.4. The number of anilines is 1. The Morgan fingerprint density at radius 2 is 1.86 bits per heavy atom. The topological polar surface area (TPSA) is 133 Å². The number of amides is 1. The summed E-state index contributed by atoms with van der Waals surface area (Å²) in [4.78, 5) is 30.0. The summed E-state index contributed by atoms with van der Waals surface area (Å²) >= 11 is 6.34. The number of nitrogens with two attached hydrogens (primary N) is 2. The molecule has 0 spiro atoms. The number of guanidine groups is 1. The number of nitroso groups, excluding NO2 is 1. The SMILES string of the molecule is NC(N)=NCCc1ccc(OCCC2Oc3cc(N=O)ccc3N(Cc3ccccc3Cl)C2=O)cc1. The van der Waals surface area contributed by atoms with Crippen molar-refractivity contribution in [3.63, 3.8) is 0 Å². The number of carbonyl (C=O) groups is 1. The number of halogens is 1. The highest BCUT2D eigenvalue weighted by molar-refractivity contribution is 6.31. The van der Waals surface area contributed by atoms with E-state index in [4.69, 9.17) is 32.5 Å². The maximum atomic E-state index is 13.4. The minimum atomic E-state index is -0.791. The van der Waals surface area contributed by atoms with E-state index < -0.39 is 6.10 Å². The van der Waals surface area contributed by atoms with E-state index >= 15 is 0 Å². The molecule has 1 heterocycles. The molecule has 0 bridgehead atoms. The van der Waals surface area contributed by atoms with Crippen LogP contribution in [0.4, 0.5) is 11.4 Å². The Morgan fingerprint density at radius 3 is 2.58 bits per heavy atom. The molecule has 1 aliphatic rings. The second-order valence-corrected chi connectivity index (χ2v) is 8.61. The molecule has 0 fully saturated rings. The predicted octanol–water partition coefficient (Wildman–Crippen LogP) is 4.32. The van der Waals surface area contributed by atoms with Gasteiger partial charge >= 0.3 is 0 Å². The van der Waals surface area contributed by atoms with Crippen molar-refractivity contribution in [1.82, 2.24) is 0 Å². The van der Waals surface area contributed by atoms with Crippen LogP contribution in [0.3, 0.4) is 0 Å². The van der Waals surface area contributed by atoms with Gasteiger partial charge in [0.15, 0.2) is 12.1 Å². The number of hydrogen-bond acceptors (Lipinski definition) is 6. The lowest BCUT2D eigenvalue weighted by Gasteiger charge is -2.34. The molecular formula is C26H26ClN5O4. The van der Waals surface area contributed by atoms with Crippen molar-refractivity contribution >= 4 is 34.8 Å². The molecule has 9 nitrogen and oxygen atoms in total. The number of carbonyl (C=O) groups excluding carboxylic acids is 1. The van der Waals surface area contributed by atoms with E-state index in [-0.39, 0.29) is 30.7 Å². The van der Waals surface area contributed by atoms with Crippen molar-refractivity contribution in [3.8, 4) is 11.5 Å². The maximum absolute atomic E-state index is 13.4. The zero-order chi connectivity index (χ0) is 25.5. The van der Waals surface area contributed by atoms with Crippen molar-refractivity contribution in [2.75, 3.05) is 18.1 Å². The van der Waals surface area contributed by atoms with Crippen LogP contribution in [0.15, 0.2) is 76.9 Å². The summed E-state index contributed by atoms with van der Waals surface area (Å²) in [5, 5.41) is 3.54. The number of aliphatic imine (C=N–C) groups is 1. The molecule has 3 aromatic rings. The maximum Gasteiger partial charge on any atom is 0.268 e.